The average molecular weight is 323 g/mol. The number of nitrogens with zero attached hydrogens (tertiary/aromatic N) is 1. The molecule has 0 aliphatic heterocycles. The molecule has 1 aromatic carbocycles. The average Bonchev–Trinajstić information content (AvgIpc) is 2.47. The molecule has 0 spiro atoms. The summed E-state index contributed by atoms with van der Waals surface area (Å²) in [6.07, 6.45) is 0. The highest BCUT2D eigenvalue weighted by Gasteiger charge is 2.13. The summed E-state index contributed by atoms with van der Waals surface area (Å²) in [4.78, 5) is 10.0. The molecule has 0 aliphatic carbocycles. The molecule has 0 fully saturated rings. The third-order valence-corrected chi connectivity index (χ3v) is 4.06. The minimum Gasteiger partial charge on any atom is -0.258 e. The van der Waals surface area contributed by atoms with Crippen LogP contribution in [-0.4, -0.2) is 4.92 Å². The van der Waals surface area contributed by atoms with Crippen LogP contribution in [0.5, 0.6) is 0 Å². The van der Waals surface area contributed by atoms with Gasteiger partial charge in [-0.05, 0) is 34.7 Å². The number of thiophene rings is 1. The molecule has 0 saturated heterocycles. The van der Waals surface area contributed by atoms with Gasteiger partial charge in [0.25, 0.3) is 0 Å². The first-order valence-electron chi connectivity index (χ1n) is 3.61. The predicted molar refractivity (Wildman–Crippen MR) is 61.2 cm³/mol. The van der Waals surface area contributed by atoms with Crippen molar-refractivity contribution in [2.24, 2.45) is 0 Å². The summed E-state index contributed by atoms with van der Waals surface area (Å²) in [5, 5.41) is 11.1. The Labute approximate surface area is 95.8 Å². The zero-order valence-corrected chi connectivity index (χ0v) is 9.63. The summed E-state index contributed by atoms with van der Waals surface area (Å²) in [6.45, 7) is 0. The number of halogens is 2. The van der Waals surface area contributed by atoms with Crippen molar-refractivity contribution in [3.63, 3.8) is 0 Å². The first kappa shape index (κ1) is 9.78. The van der Waals surface area contributed by atoms with E-state index >= 15 is 0 Å². The van der Waals surface area contributed by atoms with Crippen molar-refractivity contribution in [2.45, 2.75) is 0 Å². The summed E-state index contributed by atoms with van der Waals surface area (Å²) in [5.41, 5.74) is 0. The number of rotatable bonds is 1. The van der Waals surface area contributed by atoms with Crippen molar-refractivity contribution >= 4 is 49.0 Å². The van der Waals surface area contributed by atoms with Crippen molar-refractivity contribution in [2.75, 3.05) is 0 Å². The highest BCUT2D eigenvalue weighted by Crippen LogP contribution is 2.34. The van der Waals surface area contributed by atoms with E-state index in [1.807, 2.05) is 22.6 Å². The van der Waals surface area contributed by atoms with E-state index in [0.29, 0.717) is 8.96 Å². The number of hydrogen-bond acceptors (Lipinski definition) is 3. The fourth-order valence-electron chi connectivity index (χ4n) is 1.15. The minimum absolute atomic E-state index is 0.0449. The summed E-state index contributed by atoms with van der Waals surface area (Å²) >= 11 is 3.04. The molecule has 3 nitrogen and oxygen atoms in total. The summed E-state index contributed by atoms with van der Waals surface area (Å²) in [5.74, 6) is -0.366. The molecule has 0 amide bonds. The zero-order chi connectivity index (χ0) is 10.3. The molecule has 0 aliphatic rings. The summed E-state index contributed by atoms with van der Waals surface area (Å²) < 4.78 is 14.4. The van der Waals surface area contributed by atoms with E-state index in [0.717, 1.165) is 16.0 Å². The SMILES string of the molecule is O=[N+]([O-])c1cc2cc(F)cc(I)c2s1. The Hall–Kier alpha value is -0.760. The van der Waals surface area contributed by atoms with Crippen LogP contribution in [0.4, 0.5) is 9.39 Å². The lowest BCUT2D eigenvalue weighted by atomic mass is 10.2. The molecule has 1 heterocycles. The Balaban J connectivity index is 2.76. The van der Waals surface area contributed by atoms with Gasteiger partial charge >= 0.3 is 5.00 Å². The van der Waals surface area contributed by atoms with Crippen molar-refractivity contribution in [3.05, 3.63) is 37.7 Å². The third kappa shape index (κ3) is 1.59. The van der Waals surface area contributed by atoms with E-state index in [1.54, 1.807) is 0 Å². The van der Waals surface area contributed by atoms with Crippen LogP contribution in [0.1, 0.15) is 0 Å². The van der Waals surface area contributed by atoms with E-state index in [9.17, 15) is 14.5 Å². The normalized spacial score (nSPS) is 10.7. The fourth-order valence-corrected chi connectivity index (χ4v) is 2.95. The molecule has 6 heteroatoms. The van der Waals surface area contributed by atoms with Gasteiger partial charge in [0, 0.05) is 15.0 Å². The van der Waals surface area contributed by atoms with Gasteiger partial charge in [0.1, 0.15) is 5.82 Å². The molecule has 2 aromatic rings. The van der Waals surface area contributed by atoms with Gasteiger partial charge in [-0.25, -0.2) is 4.39 Å². The van der Waals surface area contributed by atoms with Gasteiger partial charge in [-0.3, -0.25) is 10.1 Å². The molecule has 72 valence electrons. The summed E-state index contributed by atoms with van der Waals surface area (Å²) in [6, 6.07) is 4.06. The first-order chi connectivity index (χ1) is 6.58. The molecule has 0 atom stereocenters. The lowest BCUT2D eigenvalue weighted by Crippen LogP contribution is -1.80. The van der Waals surface area contributed by atoms with Gasteiger partial charge in [0.2, 0.25) is 0 Å². The van der Waals surface area contributed by atoms with Crippen molar-refractivity contribution in [1.29, 1.82) is 0 Å². The van der Waals surface area contributed by atoms with Crippen LogP contribution in [0.2, 0.25) is 0 Å². The Kier molecular flexibility index (Phi) is 2.40. The van der Waals surface area contributed by atoms with Gasteiger partial charge in [0.15, 0.2) is 0 Å². The zero-order valence-electron chi connectivity index (χ0n) is 6.66. The maximum atomic E-state index is 12.9. The minimum atomic E-state index is -0.460. The number of nitro groups is 1. The van der Waals surface area contributed by atoms with Crippen LogP contribution >= 0.6 is 33.9 Å². The lowest BCUT2D eigenvalue weighted by molar-refractivity contribution is -0.380. The second-order valence-electron chi connectivity index (χ2n) is 2.65. The van der Waals surface area contributed by atoms with E-state index in [1.165, 1.54) is 18.2 Å². The van der Waals surface area contributed by atoms with Crippen molar-refractivity contribution in [1.82, 2.24) is 0 Å². The maximum Gasteiger partial charge on any atom is 0.325 e. The Morgan fingerprint density at radius 3 is 2.79 bits per heavy atom. The van der Waals surface area contributed by atoms with Gasteiger partial charge in [-0.2, -0.15) is 0 Å². The molecule has 14 heavy (non-hydrogen) atoms. The molecule has 0 N–H and O–H groups in total. The van der Waals surface area contributed by atoms with E-state index in [-0.39, 0.29) is 10.8 Å². The van der Waals surface area contributed by atoms with Crippen LogP contribution in [0.25, 0.3) is 10.1 Å². The van der Waals surface area contributed by atoms with E-state index in [2.05, 4.69) is 0 Å². The number of fused-ring (bicyclic) bond motifs is 1. The van der Waals surface area contributed by atoms with Gasteiger partial charge < -0.3 is 0 Å². The Morgan fingerprint density at radius 1 is 1.43 bits per heavy atom. The van der Waals surface area contributed by atoms with Gasteiger partial charge in [0.05, 0.1) is 9.62 Å². The van der Waals surface area contributed by atoms with Crippen LogP contribution in [0, 0.1) is 19.5 Å². The van der Waals surface area contributed by atoms with Gasteiger partial charge in [-0.15, -0.1) is 0 Å². The van der Waals surface area contributed by atoms with E-state index in [4.69, 9.17) is 0 Å². The van der Waals surface area contributed by atoms with Crippen LogP contribution in [-0.2, 0) is 0 Å². The molecular formula is C8H3FINO2S. The number of hydrogen-bond donors (Lipinski definition) is 0. The standard InChI is InChI=1S/C8H3FINO2S/c9-5-1-4-2-7(11(12)13)14-8(4)6(10)3-5/h1-3H. The molecule has 1 aromatic heterocycles. The predicted octanol–water partition coefficient (Wildman–Crippen LogP) is 3.55. The molecular weight excluding hydrogens is 320 g/mol. The molecule has 2 rings (SSSR count). The maximum absolute atomic E-state index is 12.9. The Bertz CT molecular complexity index is 525. The lowest BCUT2D eigenvalue weighted by Gasteiger charge is -1.92. The largest absolute Gasteiger partial charge is 0.325 e. The van der Waals surface area contributed by atoms with Crippen molar-refractivity contribution in [3.8, 4) is 0 Å². The Morgan fingerprint density at radius 2 is 2.14 bits per heavy atom. The monoisotopic (exact) mass is 323 g/mol. The molecule has 0 unspecified atom stereocenters. The quantitative estimate of drug-likeness (QED) is 0.458. The molecule has 0 saturated carbocycles. The number of benzene rings is 1. The van der Waals surface area contributed by atoms with Crippen LogP contribution in [0.3, 0.4) is 0 Å². The smallest absolute Gasteiger partial charge is 0.258 e. The highest BCUT2D eigenvalue weighted by molar-refractivity contribution is 14.1. The van der Waals surface area contributed by atoms with Gasteiger partial charge in [-0.1, -0.05) is 11.3 Å². The topological polar surface area (TPSA) is 43.1 Å². The van der Waals surface area contributed by atoms with Crippen LogP contribution in [0.15, 0.2) is 18.2 Å². The highest BCUT2D eigenvalue weighted by atomic mass is 127. The summed E-state index contributed by atoms with van der Waals surface area (Å²) in [7, 11) is 0. The molecule has 0 bridgehead atoms. The van der Waals surface area contributed by atoms with E-state index < -0.39 is 4.92 Å². The van der Waals surface area contributed by atoms with Crippen molar-refractivity contribution < 1.29 is 9.31 Å². The fraction of sp³-hybridized carbons (Fsp3) is 0. The second kappa shape index (κ2) is 3.43. The second-order valence-corrected chi connectivity index (χ2v) is 4.84. The van der Waals surface area contributed by atoms with Crippen LogP contribution < -0.4 is 0 Å². The molecule has 0 radical (unpaired) electrons. The first-order valence-corrected chi connectivity index (χ1v) is 5.50. The third-order valence-electron chi connectivity index (χ3n) is 1.70.